The van der Waals surface area contributed by atoms with Gasteiger partial charge in [-0.05, 0) is 60.5 Å². The molecule has 0 bridgehead atoms. The first-order chi connectivity index (χ1) is 15.4. The van der Waals surface area contributed by atoms with Gasteiger partial charge in [-0.3, -0.25) is 10.1 Å². The molecular weight excluding hydrogens is 451 g/mol. The molecule has 6 nitrogen and oxygen atoms in total. The molecule has 0 amide bonds. The SMILES string of the molecule is CCOc1cc(C=C(C#N)c2ccc([N+](=O)[O-])cc2)ccc1OCc1ccc(Cl)cc1Cl. The Labute approximate surface area is 195 Å². The molecule has 0 spiro atoms. The highest BCUT2D eigenvalue weighted by Crippen LogP contribution is 2.32. The maximum atomic E-state index is 10.8. The summed E-state index contributed by atoms with van der Waals surface area (Å²) in [4.78, 5) is 10.4. The molecule has 0 saturated heterocycles. The van der Waals surface area contributed by atoms with Crippen LogP contribution in [0.4, 0.5) is 5.69 Å². The summed E-state index contributed by atoms with van der Waals surface area (Å²) in [6.07, 6.45) is 1.68. The first-order valence-corrected chi connectivity index (χ1v) is 10.4. The Morgan fingerprint density at radius 3 is 2.44 bits per heavy atom. The van der Waals surface area contributed by atoms with E-state index in [4.69, 9.17) is 32.7 Å². The fraction of sp³-hybridized carbons (Fsp3) is 0.125. The van der Waals surface area contributed by atoms with Gasteiger partial charge in [0.05, 0.1) is 23.2 Å². The minimum absolute atomic E-state index is 0.0352. The van der Waals surface area contributed by atoms with E-state index < -0.39 is 4.92 Å². The van der Waals surface area contributed by atoms with Crippen molar-refractivity contribution in [2.24, 2.45) is 0 Å². The van der Waals surface area contributed by atoms with Crippen LogP contribution in [0.15, 0.2) is 60.7 Å². The number of nitro groups is 1. The van der Waals surface area contributed by atoms with E-state index in [0.29, 0.717) is 39.3 Å². The van der Waals surface area contributed by atoms with Crippen LogP contribution in [0.25, 0.3) is 11.6 Å². The minimum atomic E-state index is -0.482. The monoisotopic (exact) mass is 468 g/mol. The number of non-ortho nitro benzene ring substituents is 1. The van der Waals surface area contributed by atoms with E-state index in [1.165, 1.54) is 12.1 Å². The summed E-state index contributed by atoms with van der Waals surface area (Å²) in [5.74, 6) is 1.05. The second-order valence-electron chi connectivity index (χ2n) is 6.64. The number of nitrogens with zero attached hydrogens (tertiary/aromatic N) is 2. The second-order valence-corrected chi connectivity index (χ2v) is 7.48. The Kier molecular flexibility index (Phi) is 7.72. The van der Waals surface area contributed by atoms with Gasteiger partial charge in [0.15, 0.2) is 11.5 Å². The van der Waals surface area contributed by atoms with Crippen molar-refractivity contribution in [3.8, 4) is 17.6 Å². The third-order valence-corrected chi connectivity index (χ3v) is 5.07. The van der Waals surface area contributed by atoms with E-state index in [0.717, 1.165) is 11.1 Å². The summed E-state index contributed by atoms with van der Waals surface area (Å²) < 4.78 is 11.6. The number of ether oxygens (including phenoxy) is 2. The quantitative estimate of drug-likeness (QED) is 0.154. The van der Waals surface area contributed by atoms with Gasteiger partial charge in [0.1, 0.15) is 6.61 Å². The standard InChI is InChI=1S/C24H18Cl2N2O4/c1-2-31-24-12-16(11-19(14-27)17-5-8-21(9-6-17)28(29)30)3-10-23(24)32-15-18-4-7-20(25)13-22(18)26/h3-13H,2,15H2,1H3. The van der Waals surface area contributed by atoms with Gasteiger partial charge in [-0.1, -0.05) is 35.3 Å². The van der Waals surface area contributed by atoms with Crippen LogP contribution < -0.4 is 9.47 Å². The van der Waals surface area contributed by atoms with Crippen molar-refractivity contribution in [3.05, 3.63) is 97.5 Å². The summed E-state index contributed by atoms with van der Waals surface area (Å²) in [7, 11) is 0. The Morgan fingerprint density at radius 1 is 1.06 bits per heavy atom. The first kappa shape index (κ1) is 23.1. The van der Waals surface area contributed by atoms with E-state index in [9.17, 15) is 15.4 Å². The third kappa shape index (κ3) is 5.79. The molecule has 3 aromatic rings. The molecule has 0 radical (unpaired) electrons. The predicted octanol–water partition coefficient (Wildman–Crippen LogP) is 6.94. The van der Waals surface area contributed by atoms with Crippen LogP contribution in [0, 0.1) is 21.4 Å². The number of nitro benzene ring substituents is 1. The zero-order valence-electron chi connectivity index (χ0n) is 17.0. The van der Waals surface area contributed by atoms with E-state index in [-0.39, 0.29) is 12.3 Å². The van der Waals surface area contributed by atoms with Crippen molar-refractivity contribution >= 4 is 40.5 Å². The number of benzene rings is 3. The Morgan fingerprint density at radius 2 is 1.81 bits per heavy atom. The average Bonchev–Trinajstić information content (AvgIpc) is 2.78. The van der Waals surface area contributed by atoms with Crippen LogP contribution in [0.1, 0.15) is 23.6 Å². The molecule has 0 atom stereocenters. The minimum Gasteiger partial charge on any atom is -0.490 e. The molecule has 0 N–H and O–H groups in total. The van der Waals surface area contributed by atoms with Crippen LogP contribution in [-0.2, 0) is 6.61 Å². The van der Waals surface area contributed by atoms with Crippen molar-refractivity contribution in [1.82, 2.24) is 0 Å². The van der Waals surface area contributed by atoms with Gasteiger partial charge in [-0.2, -0.15) is 5.26 Å². The lowest BCUT2D eigenvalue weighted by Crippen LogP contribution is -2.00. The normalized spacial score (nSPS) is 11.0. The first-order valence-electron chi connectivity index (χ1n) is 9.61. The fourth-order valence-electron chi connectivity index (χ4n) is 2.91. The van der Waals surface area contributed by atoms with Gasteiger partial charge >= 0.3 is 0 Å². The summed E-state index contributed by atoms with van der Waals surface area (Å²) >= 11 is 12.1. The van der Waals surface area contributed by atoms with E-state index in [1.807, 2.05) is 6.92 Å². The summed E-state index contributed by atoms with van der Waals surface area (Å²) in [6, 6.07) is 18.5. The Balaban J connectivity index is 1.85. The van der Waals surface area contributed by atoms with Crippen LogP contribution in [0.2, 0.25) is 10.0 Å². The van der Waals surface area contributed by atoms with Gasteiger partial charge in [0, 0.05) is 27.7 Å². The summed E-state index contributed by atoms with van der Waals surface area (Å²) in [5, 5.41) is 21.5. The van der Waals surface area contributed by atoms with Crippen LogP contribution in [0.3, 0.4) is 0 Å². The lowest BCUT2D eigenvalue weighted by molar-refractivity contribution is -0.384. The second kappa shape index (κ2) is 10.7. The Bertz CT molecular complexity index is 1200. The molecule has 0 unspecified atom stereocenters. The molecule has 3 rings (SSSR count). The molecule has 0 aliphatic heterocycles. The van der Waals surface area contributed by atoms with Crippen molar-refractivity contribution < 1.29 is 14.4 Å². The largest absolute Gasteiger partial charge is 0.490 e. The van der Waals surface area contributed by atoms with Crippen molar-refractivity contribution in [2.45, 2.75) is 13.5 Å². The third-order valence-electron chi connectivity index (χ3n) is 4.49. The van der Waals surface area contributed by atoms with Gasteiger partial charge in [-0.15, -0.1) is 0 Å². The zero-order valence-corrected chi connectivity index (χ0v) is 18.6. The molecule has 162 valence electrons. The molecule has 3 aromatic carbocycles. The van der Waals surface area contributed by atoms with Gasteiger partial charge in [-0.25, -0.2) is 0 Å². The molecule has 8 heteroatoms. The molecule has 0 aliphatic carbocycles. The number of nitriles is 1. The maximum absolute atomic E-state index is 10.8. The fourth-order valence-corrected chi connectivity index (χ4v) is 3.37. The maximum Gasteiger partial charge on any atom is 0.269 e. The smallest absolute Gasteiger partial charge is 0.269 e. The average molecular weight is 469 g/mol. The zero-order chi connectivity index (χ0) is 23.1. The van der Waals surface area contributed by atoms with Crippen LogP contribution in [-0.4, -0.2) is 11.5 Å². The van der Waals surface area contributed by atoms with Gasteiger partial charge < -0.3 is 9.47 Å². The number of rotatable bonds is 8. The topological polar surface area (TPSA) is 85.4 Å². The number of halogens is 2. The highest BCUT2D eigenvalue weighted by atomic mass is 35.5. The molecule has 0 heterocycles. The summed E-state index contributed by atoms with van der Waals surface area (Å²) in [5.41, 5.74) is 2.41. The predicted molar refractivity (Wildman–Crippen MR) is 125 cm³/mol. The highest BCUT2D eigenvalue weighted by Gasteiger charge is 2.10. The number of allylic oxidation sites excluding steroid dienone is 1. The van der Waals surface area contributed by atoms with E-state index in [1.54, 1.807) is 54.6 Å². The molecule has 0 aliphatic rings. The van der Waals surface area contributed by atoms with Crippen LogP contribution in [0.5, 0.6) is 11.5 Å². The van der Waals surface area contributed by atoms with Crippen LogP contribution >= 0.6 is 23.2 Å². The Hall–Kier alpha value is -3.53. The lowest BCUT2D eigenvalue weighted by atomic mass is 10.0. The molecule has 0 saturated carbocycles. The van der Waals surface area contributed by atoms with E-state index >= 15 is 0 Å². The molecular formula is C24H18Cl2N2O4. The van der Waals surface area contributed by atoms with E-state index in [2.05, 4.69) is 6.07 Å². The molecule has 32 heavy (non-hydrogen) atoms. The van der Waals surface area contributed by atoms with Crippen molar-refractivity contribution in [3.63, 3.8) is 0 Å². The van der Waals surface area contributed by atoms with Crippen molar-refractivity contribution in [2.75, 3.05) is 6.61 Å². The molecule has 0 fully saturated rings. The number of hydrogen-bond donors (Lipinski definition) is 0. The van der Waals surface area contributed by atoms with Gasteiger partial charge in [0.25, 0.3) is 5.69 Å². The number of hydrogen-bond acceptors (Lipinski definition) is 5. The summed E-state index contributed by atoms with van der Waals surface area (Å²) in [6.45, 7) is 2.52. The molecule has 0 aromatic heterocycles. The lowest BCUT2D eigenvalue weighted by Gasteiger charge is -2.13. The van der Waals surface area contributed by atoms with Gasteiger partial charge in [0.2, 0.25) is 0 Å². The van der Waals surface area contributed by atoms with Crippen molar-refractivity contribution in [1.29, 1.82) is 5.26 Å². The highest BCUT2D eigenvalue weighted by molar-refractivity contribution is 6.35.